The summed E-state index contributed by atoms with van der Waals surface area (Å²) in [6.45, 7) is 7.30. The minimum atomic E-state index is -1.09. The molecule has 8 nitrogen and oxygen atoms in total. The van der Waals surface area contributed by atoms with Crippen LogP contribution in [0.15, 0.2) is 71.0 Å². The molecule has 1 amide bonds. The first kappa shape index (κ1) is 32.8. The summed E-state index contributed by atoms with van der Waals surface area (Å²) >= 11 is 12.0. The predicted molar refractivity (Wildman–Crippen MR) is 140 cm³/mol. The molecule has 206 valence electrons. The van der Waals surface area contributed by atoms with Crippen LogP contribution in [0, 0.1) is 6.67 Å². The summed E-state index contributed by atoms with van der Waals surface area (Å²) in [5.41, 5.74) is 1.04. The molecule has 2 atom stereocenters. The molecule has 3 rings (SSSR count). The zero-order chi connectivity index (χ0) is 26.9. The molecule has 0 aromatic heterocycles. The quantitative estimate of drug-likeness (QED) is 0.212. The van der Waals surface area contributed by atoms with Gasteiger partial charge in [-0.3, -0.25) is 0 Å². The van der Waals surface area contributed by atoms with Gasteiger partial charge >= 0.3 is 34.4 Å². The summed E-state index contributed by atoms with van der Waals surface area (Å²) in [6.07, 6.45) is -1.11. The summed E-state index contributed by atoms with van der Waals surface area (Å²) in [7, 11) is 1.81. The number of alkyl carbamates (subject to hydrolysis) is 1. The normalized spacial score (nSPS) is 14.7. The second-order valence-corrected chi connectivity index (χ2v) is 9.83. The fourth-order valence-corrected chi connectivity index (χ4v) is 3.57. The van der Waals surface area contributed by atoms with Crippen LogP contribution in [0.25, 0.3) is 0 Å². The van der Waals surface area contributed by atoms with Gasteiger partial charge in [0.1, 0.15) is 22.0 Å². The molecule has 3 N–H and O–H groups in total. The maximum Gasteiger partial charge on any atom is 1.00 e. The number of nitrogens with one attached hydrogen (secondary N) is 1. The van der Waals surface area contributed by atoms with E-state index in [1.165, 1.54) is 0 Å². The molecule has 2 aromatic rings. The van der Waals surface area contributed by atoms with Crippen molar-refractivity contribution in [1.82, 2.24) is 15.1 Å². The summed E-state index contributed by atoms with van der Waals surface area (Å²) in [6, 6.07) is 17.6. The number of carboxylic acid groups (broad SMARTS) is 1. The number of aliphatic hydroxyl groups is 1. The third-order valence-corrected chi connectivity index (χ3v) is 5.81. The monoisotopic (exact) mass is 733 g/mol. The molecular weight excluding hydrogens is 702 g/mol. The molecule has 1 aliphatic heterocycles. The number of hydrogen-bond acceptors (Lipinski definition) is 6. The van der Waals surface area contributed by atoms with Crippen molar-refractivity contribution in [3.8, 4) is 0 Å². The molecule has 0 aliphatic carbocycles. The Kier molecular flexibility index (Phi) is 13.5. The maximum atomic E-state index is 11.6. The number of carbonyl (C=O) groups is 2. The van der Waals surface area contributed by atoms with E-state index in [1.54, 1.807) is 44.3 Å². The fourth-order valence-electron chi connectivity index (χ4n) is 3.17. The Morgan fingerprint density at radius 2 is 1.57 bits per heavy atom. The van der Waals surface area contributed by atoms with Gasteiger partial charge < -0.3 is 30.1 Å². The third-order valence-electron chi connectivity index (χ3n) is 4.87. The third kappa shape index (κ3) is 11.4. The van der Waals surface area contributed by atoms with Crippen LogP contribution in [-0.2, 0) is 38.3 Å². The van der Waals surface area contributed by atoms with E-state index >= 15 is 0 Å². The first-order valence-electron chi connectivity index (χ1n) is 11.3. The van der Waals surface area contributed by atoms with Crippen molar-refractivity contribution in [1.29, 1.82) is 0 Å². The smallest absolute Gasteiger partial charge is 0.494 e. The van der Waals surface area contributed by atoms with Gasteiger partial charge in [-0.1, -0.05) is 83.9 Å². The summed E-state index contributed by atoms with van der Waals surface area (Å²) in [5.74, 6) is -1.09. The molecule has 0 saturated carbocycles. The van der Waals surface area contributed by atoms with Crippen LogP contribution in [-0.4, -0.2) is 57.3 Å². The van der Waals surface area contributed by atoms with Crippen LogP contribution in [0.5, 0.6) is 0 Å². The van der Waals surface area contributed by atoms with Gasteiger partial charge in [-0.2, -0.15) is 6.67 Å². The van der Waals surface area contributed by atoms with Gasteiger partial charge in [-0.05, 0) is 38.9 Å². The van der Waals surface area contributed by atoms with Crippen molar-refractivity contribution in [3.05, 3.63) is 88.8 Å². The molecule has 2 aromatic carbocycles. The molecule has 0 bridgehead atoms. The number of ether oxygens (including phenoxy) is 1. The molecular formula is C26H32AuCl2N3O5. The number of carboxylic acids is 1. The number of hydrogen-bond donors (Lipinski definition) is 3. The molecule has 0 fully saturated rings. The van der Waals surface area contributed by atoms with Crippen molar-refractivity contribution in [3.63, 3.8) is 0 Å². The van der Waals surface area contributed by atoms with E-state index in [1.807, 2.05) is 60.7 Å². The topological polar surface area (TPSA) is 102 Å². The Morgan fingerprint density at radius 1 is 1.03 bits per heavy atom. The number of nitrogens with zero attached hydrogens (tertiary/aromatic N) is 2. The van der Waals surface area contributed by atoms with Gasteiger partial charge in [0, 0.05) is 13.0 Å². The molecule has 0 radical (unpaired) electrons. The maximum absolute atomic E-state index is 11.6. The molecule has 1 heterocycles. The van der Waals surface area contributed by atoms with Crippen molar-refractivity contribution < 1.29 is 46.9 Å². The van der Waals surface area contributed by atoms with Gasteiger partial charge in [-0.25, -0.2) is 9.59 Å². The molecule has 37 heavy (non-hydrogen) atoms. The van der Waals surface area contributed by atoms with Crippen LogP contribution < -0.4 is 5.32 Å². The molecule has 0 saturated heterocycles. The molecule has 1 unspecified atom stereocenters. The van der Waals surface area contributed by atoms with E-state index in [9.17, 15) is 14.7 Å². The number of carbonyl (C=O) groups excluding carboxylic acids is 1. The fraction of sp³-hybridized carbons (Fsp3) is 0.346. The van der Waals surface area contributed by atoms with Crippen molar-refractivity contribution in [2.24, 2.45) is 0 Å². The number of aliphatic carboxylic acids is 1. The SMILES string of the molecule is CC(C)(C)OC(=O)N[C@@H](Cc1ccccc1)C(=O)O.CN1[CH-]N(CC(O)c2ccccc2)C(Cl)=C1Cl.[Au+]. The first-order valence-corrected chi connectivity index (χ1v) is 12.0. The second kappa shape index (κ2) is 15.3. The van der Waals surface area contributed by atoms with E-state index in [-0.39, 0.29) is 28.8 Å². The largest absolute Gasteiger partial charge is 1.00 e. The number of rotatable bonds is 7. The molecule has 0 spiro atoms. The van der Waals surface area contributed by atoms with Crippen molar-refractivity contribution in [2.45, 2.75) is 44.9 Å². The number of halogens is 2. The van der Waals surface area contributed by atoms with E-state index in [0.717, 1.165) is 11.1 Å². The van der Waals surface area contributed by atoms with Gasteiger partial charge in [0.25, 0.3) is 0 Å². The zero-order valence-electron chi connectivity index (χ0n) is 21.0. The van der Waals surface area contributed by atoms with Gasteiger partial charge in [-0.15, -0.1) is 0 Å². The van der Waals surface area contributed by atoms with E-state index in [4.69, 9.17) is 33.0 Å². The minimum Gasteiger partial charge on any atom is -0.494 e. The molecule has 11 heteroatoms. The Balaban J connectivity index is 0.000000362. The van der Waals surface area contributed by atoms with E-state index < -0.39 is 29.8 Å². The van der Waals surface area contributed by atoms with Crippen LogP contribution in [0.1, 0.15) is 38.0 Å². The molecule has 1 aliphatic rings. The van der Waals surface area contributed by atoms with Gasteiger partial charge in [0.05, 0.1) is 6.10 Å². The van der Waals surface area contributed by atoms with Gasteiger partial charge in [0.2, 0.25) is 0 Å². The van der Waals surface area contributed by atoms with E-state index in [2.05, 4.69) is 5.32 Å². The van der Waals surface area contributed by atoms with Crippen LogP contribution in [0.2, 0.25) is 0 Å². The Hall–Kier alpha value is -2.20. The number of β-amino-alcohol motifs (C(OH)–C–C–N with tert-alkyl or cyclic N) is 1. The first-order chi connectivity index (χ1) is 16.9. The van der Waals surface area contributed by atoms with Crippen molar-refractivity contribution in [2.75, 3.05) is 13.6 Å². The minimum absolute atomic E-state index is 0. The van der Waals surface area contributed by atoms with Crippen LogP contribution in [0.3, 0.4) is 0 Å². The number of amides is 1. The van der Waals surface area contributed by atoms with Crippen molar-refractivity contribution >= 4 is 35.3 Å². The van der Waals surface area contributed by atoms with Gasteiger partial charge in [0.15, 0.2) is 0 Å². The van der Waals surface area contributed by atoms with Crippen LogP contribution >= 0.6 is 23.2 Å². The average molecular weight is 734 g/mol. The standard InChI is InChI=1S/C14H19NO4.C12H13Cl2N2O.Au/c1-14(2,3)19-13(18)15-11(12(16)17)9-10-7-5-4-6-8-10;1-15-8-16(12(14)11(15)13)7-10(17)9-5-3-2-4-6-9;/h4-8,11H,9H2,1-3H3,(H,15,18)(H,16,17);2-6,8,10,17H,7H2,1H3;/q;-1;+1/t11-;;/m0../s1. The zero-order valence-corrected chi connectivity index (χ0v) is 24.7. The number of benzene rings is 2. The average Bonchev–Trinajstić information content (AvgIpc) is 3.05. The Labute approximate surface area is 243 Å². The Bertz CT molecular complexity index is 1040. The predicted octanol–water partition coefficient (Wildman–Crippen LogP) is 4.90. The Morgan fingerprint density at radius 3 is 2.03 bits per heavy atom. The van der Waals surface area contributed by atoms with Crippen LogP contribution in [0.4, 0.5) is 4.79 Å². The summed E-state index contributed by atoms with van der Waals surface area (Å²) < 4.78 is 5.04. The summed E-state index contributed by atoms with van der Waals surface area (Å²) in [5, 5.41) is 22.4. The summed E-state index contributed by atoms with van der Waals surface area (Å²) in [4.78, 5) is 26.1. The van der Waals surface area contributed by atoms with E-state index in [0.29, 0.717) is 16.9 Å². The number of aliphatic hydroxyl groups excluding tert-OH is 1. The second-order valence-electron chi connectivity index (χ2n) is 9.11.